The zero-order valence-corrected chi connectivity index (χ0v) is 24.5. The molecule has 1 N–H and O–H groups in total. The van der Waals surface area contributed by atoms with Gasteiger partial charge in [-0.25, -0.2) is 9.50 Å². The first kappa shape index (κ1) is 27.1. The quantitative estimate of drug-likeness (QED) is 0.371. The Labute approximate surface area is 229 Å². The average Bonchev–Trinajstić information content (AvgIpc) is 3.28. The van der Waals surface area contributed by atoms with E-state index < -0.39 is 0 Å². The van der Waals surface area contributed by atoms with Crippen molar-refractivity contribution in [2.24, 2.45) is 5.92 Å². The molecule has 0 saturated carbocycles. The van der Waals surface area contributed by atoms with Gasteiger partial charge in [-0.15, -0.1) is 0 Å². The van der Waals surface area contributed by atoms with Crippen LogP contribution in [0.5, 0.6) is 0 Å². The fourth-order valence-corrected chi connectivity index (χ4v) is 6.89. The smallest absolute Gasteiger partial charge is 0.155 e. The maximum absolute atomic E-state index is 4.64. The number of nitrogens with zero attached hydrogens (tertiary/aromatic N) is 4. The molecular weight excluding hydrogens is 466 g/mol. The monoisotopic (exact) mass is 513 g/mol. The van der Waals surface area contributed by atoms with E-state index in [1.807, 2.05) is 11.4 Å². The van der Waals surface area contributed by atoms with Gasteiger partial charge in [0.05, 0.1) is 0 Å². The summed E-state index contributed by atoms with van der Waals surface area (Å²) in [4.78, 5) is 7.37. The van der Waals surface area contributed by atoms with E-state index in [1.54, 1.807) is 0 Å². The molecule has 2 aromatic heterocycles. The maximum Gasteiger partial charge on any atom is 0.155 e. The fourth-order valence-electron chi connectivity index (χ4n) is 6.89. The van der Waals surface area contributed by atoms with Crippen molar-refractivity contribution in [2.45, 2.75) is 92.0 Å². The average molecular weight is 514 g/mol. The van der Waals surface area contributed by atoms with E-state index in [-0.39, 0.29) is 0 Å². The van der Waals surface area contributed by atoms with Gasteiger partial charge in [0.1, 0.15) is 5.82 Å². The number of benzene rings is 1. The molecular formula is C33H47N5. The standard InChI is InChI=1S/C33H47N5/c1-7-8-29(31-21-38-32(19-24(31)5)35-25(6)36-38)33(22(2)3)30-20-27(10-9-23(30)4)26-13-17-37(18-14-26)28-11-15-34-16-12-28/h9-10,19-22,26,28,34H,7-8,11-18H2,1-6H3/b33-29+. The van der Waals surface area contributed by atoms with Gasteiger partial charge in [-0.1, -0.05) is 45.4 Å². The van der Waals surface area contributed by atoms with Crippen LogP contribution in [0.2, 0.25) is 0 Å². The molecule has 5 rings (SSSR count). The Balaban J connectivity index is 1.50. The van der Waals surface area contributed by atoms with Crippen molar-refractivity contribution >= 4 is 16.8 Å². The van der Waals surface area contributed by atoms with Crippen LogP contribution in [-0.2, 0) is 0 Å². The Hall–Kier alpha value is -2.50. The van der Waals surface area contributed by atoms with Gasteiger partial charge < -0.3 is 10.2 Å². The van der Waals surface area contributed by atoms with E-state index in [0.29, 0.717) is 11.8 Å². The van der Waals surface area contributed by atoms with Crippen LogP contribution < -0.4 is 5.32 Å². The Morgan fingerprint density at radius 2 is 1.71 bits per heavy atom. The van der Waals surface area contributed by atoms with Crippen LogP contribution in [0, 0.1) is 26.7 Å². The molecule has 38 heavy (non-hydrogen) atoms. The van der Waals surface area contributed by atoms with Crippen molar-refractivity contribution in [3.8, 4) is 0 Å². The summed E-state index contributed by atoms with van der Waals surface area (Å²) in [5, 5.41) is 8.17. The molecule has 5 heteroatoms. The molecule has 0 aliphatic carbocycles. The highest BCUT2D eigenvalue weighted by Gasteiger charge is 2.27. The number of likely N-dealkylation sites (tertiary alicyclic amines) is 1. The molecule has 3 aromatic rings. The maximum atomic E-state index is 4.64. The summed E-state index contributed by atoms with van der Waals surface area (Å²) < 4.78 is 1.96. The Morgan fingerprint density at radius 3 is 2.39 bits per heavy atom. The third kappa shape index (κ3) is 5.60. The highest BCUT2D eigenvalue weighted by molar-refractivity contribution is 5.93. The van der Waals surface area contributed by atoms with Gasteiger partial charge in [-0.3, -0.25) is 0 Å². The zero-order chi connectivity index (χ0) is 26.8. The van der Waals surface area contributed by atoms with Gasteiger partial charge in [0.15, 0.2) is 5.65 Å². The summed E-state index contributed by atoms with van der Waals surface area (Å²) >= 11 is 0. The van der Waals surface area contributed by atoms with Crippen molar-refractivity contribution < 1.29 is 0 Å². The second-order valence-corrected chi connectivity index (χ2v) is 12.0. The van der Waals surface area contributed by atoms with E-state index >= 15 is 0 Å². The highest BCUT2D eigenvalue weighted by atomic mass is 15.3. The number of nitrogens with one attached hydrogen (secondary N) is 1. The minimum absolute atomic E-state index is 0.430. The zero-order valence-electron chi connectivity index (χ0n) is 24.5. The Morgan fingerprint density at radius 1 is 0.974 bits per heavy atom. The largest absolute Gasteiger partial charge is 0.317 e. The van der Waals surface area contributed by atoms with Gasteiger partial charge in [-0.05, 0) is 136 Å². The molecule has 2 aliphatic rings. The van der Waals surface area contributed by atoms with E-state index in [1.165, 1.54) is 90.8 Å². The lowest BCUT2D eigenvalue weighted by molar-refractivity contribution is 0.127. The minimum atomic E-state index is 0.430. The van der Waals surface area contributed by atoms with E-state index in [0.717, 1.165) is 30.4 Å². The van der Waals surface area contributed by atoms with Crippen LogP contribution in [0.4, 0.5) is 0 Å². The number of piperidine rings is 2. The molecule has 0 amide bonds. The molecule has 1 aromatic carbocycles. The van der Waals surface area contributed by atoms with Crippen LogP contribution in [0.3, 0.4) is 0 Å². The first-order valence-electron chi connectivity index (χ1n) is 15.0. The third-order valence-corrected chi connectivity index (χ3v) is 8.89. The number of fused-ring (bicyclic) bond motifs is 1. The van der Waals surface area contributed by atoms with Gasteiger partial charge in [-0.2, -0.15) is 5.10 Å². The van der Waals surface area contributed by atoms with E-state index in [9.17, 15) is 0 Å². The number of allylic oxidation sites excluding steroid dienone is 2. The lowest BCUT2D eigenvalue weighted by atomic mass is 9.80. The number of aryl methyl sites for hydroxylation is 3. The van der Waals surface area contributed by atoms with E-state index in [4.69, 9.17) is 0 Å². The Bertz CT molecular complexity index is 1290. The number of rotatable bonds is 7. The SMILES string of the molecule is CCC/C(=C(\c1cc(C2CCN(C3CCNCC3)CC2)ccc1C)C(C)C)c1cn2nc(C)nc2cc1C. The number of pyridine rings is 1. The predicted octanol–water partition coefficient (Wildman–Crippen LogP) is 6.95. The van der Waals surface area contributed by atoms with Gasteiger partial charge in [0.25, 0.3) is 0 Å². The summed E-state index contributed by atoms with van der Waals surface area (Å²) in [5.74, 6) is 1.91. The molecule has 2 aliphatic heterocycles. The minimum Gasteiger partial charge on any atom is -0.317 e. The first-order valence-corrected chi connectivity index (χ1v) is 15.0. The third-order valence-electron chi connectivity index (χ3n) is 8.89. The summed E-state index contributed by atoms with van der Waals surface area (Å²) in [5.41, 5.74) is 10.8. The summed E-state index contributed by atoms with van der Waals surface area (Å²) in [6, 6.07) is 10.3. The van der Waals surface area contributed by atoms with Crippen LogP contribution in [-0.4, -0.2) is 51.7 Å². The molecule has 4 heterocycles. The molecule has 0 radical (unpaired) electrons. The normalized spacial score (nSPS) is 18.9. The highest BCUT2D eigenvalue weighted by Crippen LogP contribution is 2.40. The van der Waals surface area contributed by atoms with Crippen molar-refractivity contribution in [1.29, 1.82) is 0 Å². The molecule has 2 fully saturated rings. The second-order valence-electron chi connectivity index (χ2n) is 12.0. The number of hydrogen-bond acceptors (Lipinski definition) is 4. The lowest BCUT2D eigenvalue weighted by Gasteiger charge is -2.39. The molecule has 0 bridgehead atoms. The molecule has 204 valence electrons. The summed E-state index contributed by atoms with van der Waals surface area (Å²) in [6.45, 7) is 18.4. The van der Waals surface area contributed by atoms with Crippen molar-refractivity contribution in [1.82, 2.24) is 24.8 Å². The van der Waals surface area contributed by atoms with Crippen LogP contribution in [0.15, 0.2) is 30.5 Å². The topological polar surface area (TPSA) is 45.5 Å². The van der Waals surface area contributed by atoms with Crippen molar-refractivity contribution in [3.63, 3.8) is 0 Å². The van der Waals surface area contributed by atoms with Gasteiger partial charge in [0, 0.05) is 12.2 Å². The van der Waals surface area contributed by atoms with Crippen molar-refractivity contribution in [3.05, 3.63) is 64.1 Å². The van der Waals surface area contributed by atoms with Crippen LogP contribution in [0.25, 0.3) is 16.8 Å². The lowest BCUT2D eigenvalue weighted by Crippen LogP contribution is -2.46. The summed E-state index contributed by atoms with van der Waals surface area (Å²) in [6.07, 6.45) is 9.56. The predicted molar refractivity (Wildman–Crippen MR) is 160 cm³/mol. The molecule has 2 saturated heterocycles. The Kier molecular flexibility index (Phi) is 8.35. The van der Waals surface area contributed by atoms with Gasteiger partial charge in [0.2, 0.25) is 0 Å². The summed E-state index contributed by atoms with van der Waals surface area (Å²) in [7, 11) is 0. The number of hydrogen-bond donors (Lipinski definition) is 1. The molecule has 0 unspecified atom stereocenters. The second kappa shape index (κ2) is 11.7. The molecule has 0 atom stereocenters. The first-order chi connectivity index (χ1) is 18.4. The molecule has 0 spiro atoms. The van der Waals surface area contributed by atoms with E-state index in [2.05, 4.69) is 85.4 Å². The van der Waals surface area contributed by atoms with Crippen LogP contribution >= 0.6 is 0 Å². The van der Waals surface area contributed by atoms with Crippen molar-refractivity contribution in [2.75, 3.05) is 26.2 Å². The van der Waals surface area contributed by atoms with Crippen LogP contribution in [0.1, 0.15) is 98.9 Å². The number of aromatic nitrogens is 3. The fraction of sp³-hybridized carbons (Fsp3) is 0.576. The van der Waals surface area contributed by atoms with Gasteiger partial charge >= 0.3 is 0 Å². The molecule has 5 nitrogen and oxygen atoms in total.